The summed E-state index contributed by atoms with van der Waals surface area (Å²) in [6.45, 7) is 8.65. The molecule has 0 aliphatic carbocycles. The fourth-order valence-corrected chi connectivity index (χ4v) is 3.79. The molecule has 1 aliphatic rings. The van der Waals surface area contributed by atoms with Gasteiger partial charge in [0.1, 0.15) is 0 Å². The van der Waals surface area contributed by atoms with Gasteiger partial charge >= 0.3 is 0 Å². The summed E-state index contributed by atoms with van der Waals surface area (Å²) in [7, 11) is 3.52. The highest BCUT2D eigenvalue weighted by molar-refractivity contribution is 14.0. The summed E-state index contributed by atoms with van der Waals surface area (Å²) in [5.74, 6) is 0.833. The van der Waals surface area contributed by atoms with Crippen LogP contribution in [0.4, 0.5) is 0 Å². The second-order valence-corrected chi connectivity index (χ2v) is 8.31. The normalized spacial score (nSPS) is 14.7. The minimum absolute atomic E-state index is 0. The molecule has 32 heavy (non-hydrogen) atoms. The summed E-state index contributed by atoms with van der Waals surface area (Å²) >= 11 is 0. The number of rotatable bonds is 7. The Bertz CT molecular complexity index is 897. The van der Waals surface area contributed by atoms with E-state index in [0.717, 1.165) is 44.1 Å². The lowest BCUT2D eigenvalue weighted by atomic mass is 9.99. The van der Waals surface area contributed by atoms with E-state index in [9.17, 15) is 4.79 Å². The first kappa shape index (κ1) is 26.1. The van der Waals surface area contributed by atoms with Gasteiger partial charge in [-0.3, -0.25) is 9.69 Å². The van der Waals surface area contributed by atoms with Gasteiger partial charge in [-0.2, -0.15) is 0 Å². The molecule has 1 atom stereocenters. The van der Waals surface area contributed by atoms with E-state index in [1.54, 1.807) is 19.0 Å². The molecule has 1 amide bonds. The molecule has 0 bridgehead atoms. The lowest BCUT2D eigenvalue weighted by molar-refractivity contribution is 0.0827. The fourth-order valence-electron chi connectivity index (χ4n) is 3.79. The highest BCUT2D eigenvalue weighted by atomic mass is 127. The van der Waals surface area contributed by atoms with E-state index in [1.165, 1.54) is 11.1 Å². The standard InChI is InChI=1S/C25H35N5O.HI/c1-5-26-25(28-17-20-10-12-22(13-11-20)24(31)29(3)4)27-16-19(2)30-15-14-21-8-6-7-9-23(21)18-30;/h6-13,19H,5,14-18H2,1-4H3,(H2,26,27,28);1H. The molecule has 6 nitrogen and oxygen atoms in total. The number of nitrogens with one attached hydrogen (secondary N) is 2. The quantitative estimate of drug-likeness (QED) is 0.316. The van der Waals surface area contributed by atoms with Crippen LogP contribution in [0.5, 0.6) is 0 Å². The third-order valence-corrected chi connectivity index (χ3v) is 5.72. The van der Waals surface area contributed by atoms with Gasteiger partial charge in [0.05, 0.1) is 6.54 Å². The molecule has 0 saturated heterocycles. The zero-order chi connectivity index (χ0) is 22.2. The lowest BCUT2D eigenvalue weighted by Crippen LogP contribution is -2.47. The summed E-state index contributed by atoms with van der Waals surface area (Å²) in [6, 6.07) is 16.8. The summed E-state index contributed by atoms with van der Waals surface area (Å²) in [6.07, 6.45) is 1.11. The number of carbonyl (C=O) groups is 1. The number of hydrogen-bond acceptors (Lipinski definition) is 3. The number of aliphatic imine (C=N–C) groups is 1. The van der Waals surface area contributed by atoms with Crippen molar-refractivity contribution in [3.63, 3.8) is 0 Å². The van der Waals surface area contributed by atoms with E-state index in [-0.39, 0.29) is 29.9 Å². The highest BCUT2D eigenvalue weighted by Gasteiger charge is 2.20. The van der Waals surface area contributed by atoms with E-state index in [0.29, 0.717) is 18.2 Å². The van der Waals surface area contributed by atoms with Crippen molar-refractivity contribution < 1.29 is 4.79 Å². The molecule has 2 N–H and O–H groups in total. The maximum Gasteiger partial charge on any atom is 0.253 e. The smallest absolute Gasteiger partial charge is 0.253 e. The van der Waals surface area contributed by atoms with Crippen molar-refractivity contribution in [1.82, 2.24) is 20.4 Å². The zero-order valence-corrected chi connectivity index (χ0v) is 21.9. The third kappa shape index (κ3) is 7.20. The third-order valence-electron chi connectivity index (χ3n) is 5.72. The molecule has 7 heteroatoms. The molecule has 0 fully saturated rings. The second-order valence-electron chi connectivity index (χ2n) is 8.31. The first-order chi connectivity index (χ1) is 15.0. The van der Waals surface area contributed by atoms with Gasteiger partial charge < -0.3 is 15.5 Å². The summed E-state index contributed by atoms with van der Waals surface area (Å²) in [5.41, 5.74) is 4.69. The Morgan fingerprint density at radius 2 is 1.78 bits per heavy atom. The Kier molecular flexibility index (Phi) is 10.4. The average Bonchev–Trinajstić information content (AvgIpc) is 2.80. The van der Waals surface area contributed by atoms with Gasteiger partial charge in [-0.1, -0.05) is 36.4 Å². The van der Waals surface area contributed by atoms with Crippen LogP contribution in [-0.4, -0.2) is 61.4 Å². The lowest BCUT2D eigenvalue weighted by Gasteiger charge is -2.34. The number of guanidine groups is 1. The van der Waals surface area contributed by atoms with Crippen LogP contribution in [0, 0.1) is 0 Å². The molecule has 2 aromatic rings. The number of halogens is 1. The number of amides is 1. The molecule has 3 rings (SSSR count). The molecule has 1 heterocycles. The zero-order valence-electron chi connectivity index (χ0n) is 19.6. The van der Waals surface area contributed by atoms with E-state index in [2.05, 4.69) is 53.6 Å². The summed E-state index contributed by atoms with van der Waals surface area (Å²) < 4.78 is 0. The van der Waals surface area contributed by atoms with E-state index >= 15 is 0 Å². The number of fused-ring (bicyclic) bond motifs is 1. The van der Waals surface area contributed by atoms with Crippen LogP contribution in [-0.2, 0) is 19.5 Å². The molecule has 0 spiro atoms. The van der Waals surface area contributed by atoms with Gasteiger partial charge in [0.25, 0.3) is 5.91 Å². The Labute approximate surface area is 209 Å². The topological polar surface area (TPSA) is 60.0 Å². The van der Waals surface area contributed by atoms with Gasteiger partial charge in [0, 0.05) is 51.9 Å². The first-order valence-corrected chi connectivity index (χ1v) is 11.1. The summed E-state index contributed by atoms with van der Waals surface area (Å²) in [5, 5.41) is 6.82. The van der Waals surface area contributed by atoms with Crippen molar-refractivity contribution in [2.75, 3.05) is 33.7 Å². The van der Waals surface area contributed by atoms with Crippen LogP contribution >= 0.6 is 24.0 Å². The minimum atomic E-state index is 0. The van der Waals surface area contributed by atoms with E-state index < -0.39 is 0 Å². The van der Waals surface area contributed by atoms with Crippen molar-refractivity contribution in [2.45, 2.75) is 39.4 Å². The van der Waals surface area contributed by atoms with Crippen molar-refractivity contribution in [2.24, 2.45) is 4.99 Å². The minimum Gasteiger partial charge on any atom is -0.357 e. The number of benzene rings is 2. The average molecular weight is 550 g/mol. The van der Waals surface area contributed by atoms with Crippen LogP contribution in [0.15, 0.2) is 53.5 Å². The largest absolute Gasteiger partial charge is 0.357 e. The number of nitrogens with zero attached hydrogens (tertiary/aromatic N) is 3. The second kappa shape index (κ2) is 12.8. The van der Waals surface area contributed by atoms with Crippen LogP contribution in [0.25, 0.3) is 0 Å². The Morgan fingerprint density at radius 1 is 1.09 bits per heavy atom. The molecule has 1 aliphatic heterocycles. The Hall–Kier alpha value is -2.13. The maximum absolute atomic E-state index is 12.0. The van der Waals surface area contributed by atoms with Crippen LogP contribution in [0.3, 0.4) is 0 Å². The first-order valence-electron chi connectivity index (χ1n) is 11.1. The molecular weight excluding hydrogens is 513 g/mol. The molecule has 2 aromatic carbocycles. The van der Waals surface area contributed by atoms with Gasteiger partial charge in [-0.15, -0.1) is 24.0 Å². The van der Waals surface area contributed by atoms with Gasteiger partial charge in [0.15, 0.2) is 5.96 Å². The Morgan fingerprint density at radius 3 is 2.44 bits per heavy atom. The molecular formula is C25H36IN5O. The van der Waals surface area contributed by atoms with E-state index in [1.807, 2.05) is 24.3 Å². The highest BCUT2D eigenvalue weighted by Crippen LogP contribution is 2.19. The molecule has 0 saturated carbocycles. The van der Waals surface area contributed by atoms with Crippen LogP contribution < -0.4 is 10.6 Å². The Balaban J connectivity index is 0.00000363. The SMILES string of the molecule is CCNC(=NCc1ccc(C(=O)N(C)C)cc1)NCC(C)N1CCc2ccccc2C1.I. The molecule has 0 radical (unpaired) electrons. The molecule has 174 valence electrons. The maximum atomic E-state index is 12.0. The molecule has 1 unspecified atom stereocenters. The fraction of sp³-hybridized carbons (Fsp3) is 0.440. The number of carbonyl (C=O) groups excluding carboxylic acids is 1. The molecule has 0 aromatic heterocycles. The number of hydrogen-bond donors (Lipinski definition) is 2. The van der Waals surface area contributed by atoms with Crippen LogP contribution in [0.2, 0.25) is 0 Å². The monoisotopic (exact) mass is 549 g/mol. The van der Waals surface area contributed by atoms with Gasteiger partial charge in [0.2, 0.25) is 0 Å². The van der Waals surface area contributed by atoms with Crippen molar-refractivity contribution in [3.8, 4) is 0 Å². The predicted molar refractivity (Wildman–Crippen MR) is 143 cm³/mol. The van der Waals surface area contributed by atoms with Gasteiger partial charge in [-0.05, 0) is 49.1 Å². The van der Waals surface area contributed by atoms with Crippen molar-refractivity contribution in [1.29, 1.82) is 0 Å². The summed E-state index contributed by atoms with van der Waals surface area (Å²) in [4.78, 5) is 20.9. The van der Waals surface area contributed by atoms with Crippen molar-refractivity contribution >= 4 is 35.8 Å². The van der Waals surface area contributed by atoms with E-state index in [4.69, 9.17) is 4.99 Å². The van der Waals surface area contributed by atoms with Crippen LogP contribution in [0.1, 0.15) is 40.9 Å². The predicted octanol–water partition coefficient (Wildman–Crippen LogP) is 3.51. The van der Waals surface area contributed by atoms with Crippen molar-refractivity contribution in [3.05, 3.63) is 70.8 Å². The van der Waals surface area contributed by atoms with Gasteiger partial charge in [-0.25, -0.2) is 4.99 Å².